The van der Waals surface area contributed by atoms with Gasteiger partial charge in [0.25, 0.3) is 0 Å². The maximum Gasteiger partial charge on any atom is 0.410 e. The number of carbonyl (C=O) groups is 1. The molecule has 134 valence electrons. The van der Waals surface area contributed by atoms with Gasteiger partial charge in [0.2, 0.25) is 0 Å². The Balaban J connectivity index is 0.000000249. The molecule has 1 aliphatic heterocycles. The second-order valence-electron chi connectivity index (χ2n) is 7.00. The Labute approximate surface area is 150 Å². The molecule has 1 atom stereocenters. The highest BCUT2D eigenvalue weighted by molar-refractivity contribution is 6.30. The van der Waals surface area contributed by atoms with Crippen LogP contribution in [0.2, 0.25) is 5.02 Å². The van der Waals surface area contributed by atoms with Gasteiger partial charge in [0.15, 0.2) is 0 Å². The lowest BCUT2D eigenvalue weighted by Crippen LogP contribution is -2.46. The van der Waals surface area contributed by atoms with Crippen LogP contribution in [-0.2, 0) is 4.74 Å². The van der Waals surface area contributed by atoms with E-state index >= 15 is 0 Å². The summed E-state index contributed by atoms with van der Waals surface area (Å²) in [5, 5.41) is 0.794. The lowest BCUT2D eigenvalue weighted by Gasteiger charge is -2.37. The predicted octanol–water partition coefficient (Wildman–Crippen LogP) is 4.32. The fourth-order valence-corrected chi connectivity index (χ4v) is 3.60. The summed E-state index contributed by atoms with van der Waals surface area (Å²) >= 11 is 5.54. The summed E-state index contributed by atoms with van der Waals surface area (Å²) in [4.78, 5) is 13.8. The molecule has 0 aromatic heterocycles. The second kappa shape index (κ2) is 9.28. The van der Waals surface area contributed by atoms with Gasteiger partial charge in [0.05, 0.1) is 6.04 Å². The molecule has 0 bridgehead atoms. The van der Waals surface area contributed by atoms with Crippen molar-refractivity contribution < 1.29 is 9.53 Å². The number of benzene rings is 1. The van der Waals surface area contributed by atoms with Gasteiger partial charge >= 0.3 is 6.09 Å². The first kappa shape index (κ1) is 19.1. The minimum atomic E-state index is -0.111. The molecule has 3 rings (SSSR count). The van der Waals surface area contributed by atoms with Crippen LogP contribution in [0.5, 0.6) is 0 Å². The fraction of sp³-hybridized carbons (Fsp3) is 0.632. The van der Waals surface area contributed by atoms with E-state index in [0.29, 0.717) is 24.5 Å². The first-order valence-electron chi connectivity index (χ1n) is 8.88. The Bertz CT molecular complexity index is 501. The van der Waals surface area contributed by atoms with Gasteiger partial charge in [-0.1, -0.05) is 43.6 Å². The zero-order valence-electron chi connectivity index (χ0n) is 14.7. The number of rotatable bonds is 3. The molecule has 5 heteroatoms. The Morgan fingerprint density at radius 1 is 1.21 bits per heavy atom. The molecule has 2 aliphatic rings. The van der Waals surface area contributed by atoms with E-state index in [1.54, 1.807) is 0 Å². The maximum atomic E-state index is 11.8. The highest BCUT2D eigenvalue weighted by atomic mass is 35.5. The molecule has 4 nitrogen and oxygen atoms in total. The zero-order chi connectivity index (χ0) is 17.5. The molecule has 2 N–H and O–H groups in total. The molecule has 24 heavy (non-hydrogen) atoms. The number of hydrogen-bond donors (Lipinski definition) is 1. The van der Waals surface area contributed by atoms with Gasteiger partial charge in [0.1, 0.15) is 6.61 Å². The maximum absolute atomic E-state index is 11.8. The van der Waals surface area contributed by atoms with E-state index in [-0.39, 0.29) is 12.1 Å². The molecule has 1 saturated heterocycles. The molecule has 1 heterocycles. The van der Waals surface area contributed by atoms with Crippen molar-refractivity contribution in [2.24, 2.45) is 17.6 Å². The molecule has 1 amide bonds. The van der Waals surface area contributed by atoms with Crippen LogP contribution in [0.4, 0.5) is 4.79 Å². The molecule has 1 unspecified atom stereocenters. The number of cyclic esters (lactones) is 1. The fourth-order valence-electron chi connectivity index (χ4n) is 3.45. The van der Waals surface area contributed by atoms with Crippen molar-refractivity contribution in [2.45, 2.75) is 51.6 Å². The quantitative estimate of drug-likeness (QED) is 0.881. The largest absolute Gasteiger partial charge is 0.447 e. The third-order valence-electron chi connectivity index (χ3n) is 4.99. The van der Waals surface area contributed by atoms with Gasteiger partial charge in [-0.3, -0.25) is 4.90 Å². The van der Waals surface area contributed by atoms with Gasteiger partial charge in [-0.2, -0.15) is 0 Å². The number of nitrogens with zero attached hydrogens (tertiary/aromatic N) is 1. The van der Waals surface area contributed by atoms with Crippen LogP contribution >= 0.6 is 11.6 Å². The predicted molar refractivity (Wildman–Crippen MR) is 98.1 cm³/mol. The highest BCUT2D eigenvalue weighted by Gasteiger charge is 2.40. The van der Waals surface area contributed by atoms with Crippen LogP contribution in [0.25, 0.3) is 0 Å². The average Bonchev–Trinajstić information content (AvgIpc) is 2.98. The smallest absolute Gasteiger partial charge is 0.410 e. The molecule has 0 spiro atoms. The third-order valence-corrected chi connectivity index (χ3v) is 5.24. The number of nitrogens with two attached hydrogens (primary N) is 1. The lowest BCUT2D eigenvalue weighted by atomic mass is 9.84. The number of carbonyl (C=O) groups excluding carboxylic acids is 1. The number of halogens is 1. The van der Waals surface area contributed by atoms with Crippen LogP contribution < -0.4 is 5.73 Å². The summed E-state index contributed by atoms with van der Waals surface area (Å²) in [6.45, 7) is 5.66. The Hall–Kier alpha value is -1.26. The summed E-state index contributed by atoms with van der Waals surface area (Å²) in [6, 6.07) is 10.1. The SMILES string of the molecule is CC(C)C1COC(=O)N1C1CCC(CN)CC1.Clc1ccccc1. The summed E-state index contributed by atoms with van der Waals surface area (Å²) < 4.78 is 5.21. The van der Waals surface area contributed by atoms with E-state index in [1.165, 1.54) is 0 Å². The topological polar surface area (TPSA) is 55.6 Å². The summed E-state index contributed by atoms with van der Waals surface area (Å²) in [5.41, 5.74) is 5.70. The van der Waals surface area contributed by atoms with Crippen molar-refractivity contribution in [1.29, 1.82) is 0 Å². The van der Waals surface area contributed by atoms with Crippen molar-refractivity contribution in [1.82, 2.24) is 4.90 Å². The molecule has 0 radical (unpaired) electrons. The van der Waals surface area contributed by atoms with E-state index in [0.717, 1.165) is 37.3 Å². The molecule has 1 aromatic rings. The minimum Gasteiger partial charge on any atom is -0.447 e. The molecule has 1 aromatic carbocycles. The minimum absolute atomic E-state index is 0.111. The van der Waals surface area contributed by atoms with Crippen molar-refractivity contribution in [3.8, 4) is 0 Å². The van der Waals surface area contributed by atoms with Crippen molar-refractivity contribution >= 4 is 17.7 Å². The normalized spacial score (nSPS) is 26.8. The monoisotopic (exact) mass is 352 g/mol. The Morgan fingerprint density at radius 2 is 1.83 bits per heavy atom. The van der Waals surface area contributed by atoms with Crippen LogP contribution in [0.15, 0.2) is 30.3 Å². The molecule has 2 fully saturated rings. The van der Waals surface area contributed by atoms with Crippen LogP contribution in [0.1, 0.15) is 39.5 Å². The van der Waals surface area contributed by atoms with E-state index < -0.39 is 0 Å². The van der Waals surface area contributed by atoms with Crippen LogP contribution in [-0.4, -0.2) is 36.2 Å². The average molecular weight is 353 g/mol. The molecular weight excluding hydrogens is 324 g/mol. The summed E-state index contributed by atoms with van der Waals surface area (Å²) in [7, 11) is 0. The molecular formula is C19H29ClN2O2. The van der Waals surface area contributed by atoms with Crippen molar-refractivity contribution in [2.75, 3.05) is 13.2 Å². The number of amides is 1. The van der Waals surface area contributed by atoms with E-state index in [1.807, 2.05) is 35.2 Å². The summed E-state index contributed by atoms with van der Waals surface area (Å²) in [6.07, 6.45) is 4.35. The molecule has 1 aliphatic carbocycles. The van der Waals surface area contributed by atoms with Gasteiger partial charge in [-0.15, -0.1) is 0 Å². The van der Waals surface area contributed by atoms with E-state index in [2.05, 4.69) is 13.8 Å². The van der Waals surface area contributed by atoms with Crippen LogP contribution in [0, 0.1) is 11.8 Å². The van der Waals surface area contributed by atoms with Crippen molar-refractivity contribution in [3.05, 3.63) is 35.4 Å². The van der Waals surface area contributed by atoms with Gasteiger partial charge in [0, 0.05) is 11.1 Å². The van der Waals surface area contributed by atoms with Gasteiger partial charge in [-0.05, 0) is 56.2 Å². The van der Waals surface area contributed by atoms with E-state index in [4.69, 9.17) is 22.1 Å². The lowest BCUT2D eigenvalue weighted by molar-refractivity contribution is 0.115. The second-order valence-corrected chi connectivity index (χ2v) is 7.44. The first-order valence-corrected chi connectivity index (χ1v) is 9.26. The first-order chi connectivity index (χ1) is 11.5. The number of hydrogen-bond acceptors (Lipinski definition) is 3. The van der Waals surface area contributed by atoms with Gasteiger partial charge < -0.3 is 10.5 Å². The Morgan fingerprint density at radius 3 is 2.29 bits per heavy atom. The van der Waals surface area contributed by atoms with E-state index in [9.17, 15) is 4.79 Å². The van der Waals surface area contributed by atoms with Gasteiger partial charge in [-0.25, -0.2) is 4.79 Å². The van der Waals surface area contributed by atoms with Crippen molar-refractivity contribution in [3.63, 3.8) is 0 Å². The zero-order valence-corrected chi connectivity index (χ0v) is 15.4. The van der Waals surface area contributed by atoms with Crippen LogP contribution in [0.3, 0.4) is 0 Å². The Kier molecular flexibility index (Phi) is 7.38. The molecule has 1 saturated carbocycles. The standard InChI is InChI=1S/C13H24N2O2.C6H5Cl/c1-9(2)12-8-17-13(16)15(12)11-5-3-10(7-14)4-6-11;7-6-4-2-1-3-5-6/h9-12H,3-8,14H2,1-2H3;1-5H. The summed E-state index contributed by atoms with van der Waals surface area (Å²) in [5.74, 6) is 1.12. The third kappa shape index (κ3) is 5.12. The highest BCUT2D eigenvalue weighted by Crippen LogP contribution is 2.32. The number of ether oxygens (including phenoxy) is 1.